The molecule has 0 aliphatic carbocycles. The maximum atomic E-state index is 9.98. The molecule has 0 atom stereocenters. The number of unbranched alkanes of at least 4 members (excludes halogenated alkanes) is 22. The molecule has 0 bridgehead atoms. The van der Waals surface area contributed by atoms with Gasteiger partial charge < -0.3 is 19.8 Å². The molecular weight excluding hydrogens is 639 g/mol. The SMILES string of the molecule is CCCCCCCCC=CC(=O)[O-].CCCCCCCCC=CC(=O)[O-].CCCCCCC[CH2][Sn+2][CH2]CCCCCCC. The van der Waals surface area contributed by atoms with Gasteiger partial charge in [-0.2, -0.15) is 0 Å². The standard InChI is InChI=1S/2C11H20O2.2C8H17.Sn/c2*1-2-3-4-5-6-7-8-9-10-11(12)13;2*1-3-5-7-8-6-4-2;/h2*9-10H,2-8H2,1H3,(H,12,13);2*1,3-8H2,2H3;/q;;;;+2/p-2. The van der Waals surface area contributed by atoms with E-state index in [1.54, 1.807) is 33.9 Å². The van der Waals surface area contributed by atoms with Crippen LogP contribution >= 0.6 is 0 Å². The van der Waals surface area contributed by atoms with Crippen molar-refractivity contribution in [2.24, 2.45) is 0 Å². The first kappa shape index (κ1) is 46.6. The second-order valence-corrected chi connectivity index (χ2v) is 16.1. The van der Waals surface area contributed by atoms with Crippen LogP contribution in [0.3, 0.4) is 0 Å². The van der Waals surface area contributed by atoms with E-state index in [0.29, 0.717) is 0 Å². The van der Waals surface area contributed by atoms with Gasteiger partial charge in [0.15, 0.2) is 0 Å². The van der Waals surface area contributed by atoms with Crippen LogP contribution in [0.4, 0.5) is 0 Å². The quantitative estimate of drug-likeness (QED) is 0.0422. The van der Waals surface area contributed by atoms with Crippen LogP contribution in [0, 0.1) is 0 Å². The number of allylic oxidation sites excluding steroid dienone is 2. The Morgan fingerprint density at radius 2 is 0.674 bits per heavy atom. The van der Waals surface area contributed by atoms with Crippen molar-refractivity contribution in [3.05, 3.63) is 24.3 Å². The number of hydrogen-bond acceptors (Lipinski definition) is 4. The van der Waals surface area contributed by atoms with Crippen LogP contribution in [0.5, 0.6) is 0 Å². The molecule has 0 aromatic heterocycles. The summed E-state index contributed by atoms with van der Waals surface area (Å²) in [5.74, 6) is -2.18. The summed E-state index contributed by atoms with van der Waals surface area (Å²) in [4.78, 5) is 20.0. The fraction of sp³-hybridized carbons (Fsp3) is 0.842. The first-order valence-electron chi connectivity index (χ1n) is 18.4. The molecule has 4 nitrogen and oxygen atoms in total. The van der Waals surface area contributed by atoms with Crippen molar-refractivity contribution in [1.82, 2.24) is 0 Å². The average molecular weight is 712 g/mol. The van der Waals surface area contributed by atoms with Crippen LogP contribution in [-0.4, -0.2) is 33.1 Å². The second kappa shape index (κ2) is 45.6. The Bertz CT molecular complexity index is 538. The number of carbonyl (C=O) groups is 2. The molecule has 0 aromatic rings. The van der Waals surface area contributed by atoms with Crippen LogP contribution in [0.2, 0.25) is 8.87 Å². The molecule has 0 spiro atoms. The van der Waals surface area contributed by atoms with E-state index in [9.17, 15) is 19.8 Å². The third-order valence-electron chi connectivity index (χ3n) is 7.37. The Hall–Kier alpha value is -0.781. The third kappa shape index (κ3) is 57.5. The Kier molecular flexibility index (Phi) is 49.5. The van der Waals surface area contributed by atoms with Crippen molar-refractivity contribution in [1.29, 1.82) is 0 Å². The second-order valence-electron chi connectivity index (χ2n) is 11.8. The number of aliphatic carboxylic acids is 2. The minimum absolute atomic E-state index is 0.0736. The normalized spacial score (nSPS) is 10.7. The van der Waals surface area contributed by atoms with Crippen LogP contribution < -0.4 is 10.2 Å². The van der Waals surface area contributed by atoms with Gasteiger partial charge in [-0.3, -0.25) is 0 Å². The van der Waals surface area contributed by atoms with Crippen molar-refractivity contribution in [2.75, 3.05) is 0 Å². The maximum absolute atomic E-state index is 9.98. The summed E-state index contributed by atoms with van der Waals surface area (Å²) in [5, 5.41) is 20.0. The van der Waals surface area contributed by atoms with E-state index in [1.807, 2.05) is 0 Å². The monoisotopic (exact) mass is 712 g/mol. The molecule has 0 saturated heterocycles. The zero-order valence-electron chi connectivity index (χ0n) is 29.2. The molecule has 0 aromatic carbocycles. The zero-order valence-corrected chi connectivity index (χ0v) is 32.1. The zero-order chi connectivity index (χ0) is 32.5. The van der Waals surface area contributed by atoms with Crippen LogP contribution in [-0.2, 0) is 9.59 Å². The minimum atomic E-state index is -1.09. The number of hydrogen-bond donors (Lipinski definition) is 0. The Morgan fingerprint density at radius 1 is 0.419 bits per heavy atom. The summed E-state index contributed by atoms with van der Waals surface area (Å²) in [6, 6.07) is 0. The number of rotatable bonds is 30. The van der Waals surface area contributed by atoms with Gasteiger partial charge in [0.1, 0.15) is 0 Å². The summed E-state index contributed by atoms with van der Waals surface area (Å²) >= 11 is 0.0736. The Morgan fingerprint density at radius 3 is 0.953 bits per heavy atom. The molecule has 252 valence electrons. The summed E-state index contributed by atoms with van der Waals surface area (Å²) < 4.78 is 3.31. The van der Waals surface area contributed by atoms with E-state index in [1.165, 1.54) is 128 Å². The van der Waals surface area contributed by atoms with E-state index in [4.69, 9.17) is 0 Å². The van der Waals surface area contributed by atoms with E-state index in [2.05, 4.69) is 27.7 Å². The van der Waals surface area contributed by atoms with Crippen LogP contribution in [0.1, 0.15) is 195 Å². The van der Waals surface area contributed by atoms with Gasteiger partial charge in [-0.15, -0.1) is 0 Å². The average Bonchev–Trinajstić information content (AvgIpc) is 2.98. The first-order chi connectivity index (χ1) is 21.0. The summed E-state index contributed by atoms with van der Waals surface area (Å²) in [6.07, 6.45) is 40.1. The fourth-order valence-electron chi connectivity index (χ4n) is 4.63. The van der Waals surface area contributed by atoms with E-state index >= 15 is 0 Å². The van der Waals surface area contributed by atoms with Gasteiger partial charge in [0.2, 0.25) is 0 Å². The predicted octanol–water partition coefficient (Wildman–Crippen LogP) is 10.3. The molecule has 0 aliphatic rings. The Labute approximate surface area is 279 Å². The molecule has 0 aliphatic heterocycles. The van der Waals surface area contributed by atoms with Crippen molar-refractivity contribution in [3.8, 4) is 0 Å². The summed E-state index contributed by atoms with van der Waals surface area (Å²) in [5.41, 5.74) is 0. The molecule has 0 amide bonds. The molecule has 0 radical (unpaired) electrons. The fourth-order valence-corrected chi connectivity index (χ4v) is 8.20. The molecule has 0 rings (SSSR count). The predicted molar refractivity (Wildman–Crippen MR) is 186 cm³/mol. The van der Waals surface area contributed by atoms with Crippen molar-refractivity contribution in [3.63, 3.8) is 0 Å². The van der Waals surface area contributed by atoms with Crippen LogP contribution in [0.25, 0.3) is 0 Å². The van der Waals surface area contributed by atoms with Gasteiger partial charge in [-0.05, 0) is 37.8 Å². The molecule has 0 N–H and O–H groups in total. The number of carboxylic acids is 2. The molecule has 0 unspecified atom stereocenters. The summed E-state index contributed by atoms with van der Waals surface area (Å²) in [6.45, 7) is 9.00. The summed E-state index contributed by atoms with van der Waals surface area (Å²) in [7, 11) is 0. The van der Waals surface area contributed by atoms with Gasteiger partial charge in [-0.1, -0.05) is 90.2 Å². The van der Waals surface area contributed by atoms with Gasteiger partial charge in [-0.25, -0.2) is 0 Å². The van der Waals surface area contributed by atoms with E-state index < -0.39 is 11.9 Å². The molecule has 43 heavy (non-hydrogen) atoms. The van der Waals surface area contributed by atoms with Gasteiger partial charge in [0, 0.05) is 0 Å². The van der Waals surface area contributed by atoms with E-state index in [0.717, 1.165) is 37.8 Å². The van der Waals surface area contributed by atoms with Crippen molar-refractivity contribution in [2.45, 2.75) is 204 Å². The molecule has 0 saturated carbocycles. The van der Waals surface area contributed by atoms with Gasteiger partial charge in [0.25, 0.3) is 0 Å². The topological polar surface area (TPSA) is 80.3 Å². The Balaban J connectivity index is -0.000000566. The van der Waals surface area contributed by atoms with Crippen LogP contribution in [0.15, 0.2) is 24.3 Å². The van der Waals surface area contributed by atoms with Gasteiger partial charge in [0.05, 0.1) is 11.9 Å². The number of carboxylic acid groups (broad SMARTS) is 2. The third-order valence-corrected chi connectivity index (χ3v) is 11.4. The van der Waals surface area contributed by atoms with Crippen molar-refractivity contribution < 1.29 is 19.8 Å². The van der Waals surface area contributed by atoms with Gasteiger partial charge >= 0.3 is 121 Å². The molecule has 0 heterocycles. The molecular formula is C38H72O4Sn. The van der Waals surface area contributed by atoms with Crippen molar-refractivity contribution >= 4 is 33.1 Å². The first-order valence-corrected chi connectivity index (χ1v) is 22.4. The van der Waals surface area contributed by atoms with E-state index in [-0.39, 0.29) is 21.1 Å². The molecule has 0 fully saturated rings. The molecule has 5 heteroatoms. The number of carbonyl (C=O) groups excluding carboxylic acids is 2.